The van der Waals surface area contributed by atoms with Crippen molar-refractivity contribution in [3.63, 3.8) is 0 Å². The van der Waals surface area contributed by atoms with E-state index in [1.54, 1.807) is 11.8 Å². The molecule has 0 saturated carbocycles. The Bertz CT molecular complexity index is 705. The Labute approximate surface area is 172 Å². The molecule has 1 fully saturated rings. The van der Waals surface area contributed by atoms with E-state index in [1.165, 1.54) is 6.20 Å². The molecule has 1 aliphatic heterocycles. The predicted octanol–water partition coefficient (Wildman–Crippen LogP) is 3.29. The molecule has 162 valence electrons. The summed E-state index contributed by atoms with van der Waals surface area (Å²) >= 11 is 0. The first-order valence-electron chi connectivity index (χ1n) is 10.3. The molecule has 2 heterocycles. The van der Waals surface area contributed by atoms with Gasteiger partial charge in [0.15, 0.2) is 0 Å². The molecule has 2 N–H and O–H groups in total. The molecule has 0 unspecified atom stereocenters. The lowest BCUT2D eigenvalue weighted by Crippen LogP contribution is -2.47. The van der Waals surface area contributed by atoms with E-state index in [9.17, 15) is 9.59 Å². The minimum atomic E-state index is -0.541. The van der Waals surface area contributed by atoms with Crippen LogP contribution < -0.4 is 10.6 Å². The van der Waals surface area contributed by atoms with Crippen LogP contribution in [-0.4, -0.2) is 64.8 Å². The van der Waals surface area contributed by atoms with E-state index in [2.05, 4.69) is 20.6 Å². The summed E-state index contributed by atoms with van der Waals surface area (Å²) in [6.07, 6.45) is 3.75. The minimum Gasteiger partial charge on any atom is -0.462 e. The average molecular weight is 408 g/mol. The summed E-state index contributed by atoms with van der Waals surface area (Å²) in [6, 6.07) is -0.0571. The Morgan fingerprint density at radius 1 is 1.31 bits per heavy atom. The molecule has 9 nitrogen and oxygen atoms in total. The highest BCUT2D eigenvalue weighted by atomic mass is 16.6. The highest BCUT2D eigenvalue weighted by molar-refractivity contribution is 5.94. The van der Waals surface area contributed by atoms with Crippen molar-refractivity contribution in [2.24, 2.45) is 0 Å². The molecule has 0 aromatic carbocycles. The second-order valence-corrected chi connectivity index (χ2v) is 8.01. The molecule has 2 rings (SSSR count). The third-order valence-corrected chi connectivity index (χ3v) is 4.23. The Morgan fingerprint density at radius 2 is 2.07 bits per heavy atom. The summed E-state index contributed by atoms with van der Waals surface area (Å²) in [5.74, 6) is 0.382. The Hall–Kier alpha value is -2.58. The number of carbonyl (C=O) groups is 2. The van der Waals surface area contributed by atoms with Crippen molar-refractivity contribution >= 4 is 23.8 Å². The van der Waals surface area contributed by atoms with E-state index in [1.807, 2.05) is 27.7 Å². The molecular formula is C20H33N5O4. The number of rotatable bonds is 7. The van der Waals surface area contributed by atoms with E-state index >= 15 is 0 Å². The molecule has 0 aliphatic carbocycles. The molecule has 1 aromatic rings. The van der Waals surface area contributed by atoms with E-state index in [-0.39, 0.29) is 24.3 Å². The van der Waals surface area contributed by atoms with Crippen LogP contribution in [0.5, 0.6) is 0 Å². The van der Waals surface area contributed by atoms with Gasteiger partial charge in [-0.3, -0.25) is 0 Å². The van der Waals surface area contributed by atoms with Crippen LogP contribution in [0, 0.1) is 0 Å². The molecule has 9 heteroatoms. The van der Waals surface area contributed by atoms with Gasteiger partial charge in [0, 0.05) is 31.9 Å². The maximum atomic E-state index is 12.4. The quantitative estimate of drug-likeness (QED) is 0.663. The number of nitrogens with zero attached hydrogens (tertiary/aromatic N) is 3. The molecule has 0 bridgehead atoms. The molecule has 1 amide bonds. The number of likely N-dealkylation sites (tertiary alicyclic amines) is 1. The maximum absolute atomic E-state index is 12.4. The molecule has 0 radical (unpaired) electrons. The van der Waals surface area contributed by atoms with Gasteiger partial charge in [0.25, 0.3) is 0 Å². The Morgan fingerprint density at radius 3 is 2.72 bits per heavy atom. The largest absolute Gasteiger partial charge is 0.462 e. The fourth-order valence-corrected chi connectivity index (χ4v) is 2.95. The number of carbonyl (C=O) groups excluding carboxylic acids is 2. The molecule has 1 aromatic heterocycles. The van der Waals surface area contributed by atoms with Crippen LogP contribution in [-0.2, 0) is 9.47 Å². The van der Waals surface area contributed by atoms with Gasteiger partial charge in [-0.2, -0.15) is 4.98 Å². The SMILES string of the molecule is CCCNc1ncc(C(=O)OCC)c(N[C@@H]2CCCN(C(=O)OC(C)(C)C)C2)n1. The molecular weight excluding hydrogens is 374 g/mol. The van der Waals surface area contributed by atoms with Crippen molar-refractivity contribution in [3.05, 3.63) is 11.8 Å². The van der Waals surface area contributed by atoms with Crippen LogP contribution in [0.4, 0.5) is 16.6 Å². The van der Waals surface area contributed by atoms with E-state index in [0.29, 0.717) is 24.9 Å². The van der Waals surface area contributed by atoms with Gasteiger partial charge in [-0.25, -0.2) is 14.6 Å². The lowest BCUT2D eigenvalue weighted by molar-refractivity contribution is 0.0205. The van der Waals surface area contributed by atoms with Gasteiger partial charge in [-0.15, -0.1) is 0 Å². The van der Waals surface area contributed by atoms with Crippen molar-refractivity contribution in [2.45, 2.75) is 65.5 Å². The van der Waals surface area contributed by atoms with Crippen molar-refractivity contribution in [3.8, 4) is 0 Å². The first kappa shape index (κ1) is 22.7. The van der Waals surface area contributed by atoms with E-state index in [4.69, 9.17) is 9.47 Å². The summed E-state index contributed by atoms with van der Waals surface area (Å²) in [4.78, 5) is 35.1. The van der Waals surface area contributed by atoms with Gasteiger partial charge >= 0.3 is 12.1 Å². The zero-order chi connectivity index (χ0) is 21.4. The van der Waals surface area contributed by atoms with Gasteiger partial charge < -0.3 is 25.0 Å². The number of hydrogen-bond donors (Lipinski definition) is 2. The van der Waals surface area contributed by atoms with Gasteiger partial charge in [0.05, 0.1) is 6.61 Å². The predicted molar refractivity (Wildman–Crippen MR) is 111 cm³/mol. The van der Waals surface area contributed by atoms with Crippen LogP contribution in [0.3, 0.4) is 0 Å². The normalized spacial score (nSPS) is 16.9. The van der Waals surface area contributed by atoms with E-state index < -0.39 is 11.6 Å². The van der Waals surface area contributed by atoms with Crippen LogP contribution in [0.25, 0.3) is 0 Å². The average Bonchev–Trinajstić information content (AvgIpc) is 2.65. The van der Waals surface area contributed by atoms with Gasteiger partial charge in [0.1, 0.15) is 17.0 Å². The number of aromatic nitrogens is 2. The lowest BCUT2D eigenvalue weighted by atomic mass is 10.1. The molecule has 1 atom stereocenters. The highest BCUT2D eigenvalue weighted by Gasteiger charge is 2.29. The number of piperidine rings is 1. The van der Waals surface area contributed by atoms with Crippen molar-refractivity contribution in [1.82, 2.24) is 14.9 Å². The smallest absolute Gasteiger partial charge is 0.410 e. The Kier molecular flexibility index (Phi) is 8.04. The second-order valence-electron chi connectivity index (χ2n) is 8.01. The third-order valence-electron chi connectivity index (χ3n) is 4.23. The van der Waals surface area contributed by atoms with Crippen LogP contribution >= 0.6 is 0 Å². The minimum absolute atomic E-state index is 0.0571. The topological polar surface area (TPSA) is 106 Å². The fourth-order valence-electron chi connectivity index (χ4n) is 2.95. The van der Waals surface area contributed by atoms with Crippen LogP contribution in [0.1, 0.15) is 64.2 Å². The number of ether oxygens (including phenoxy) is 2. The second kappa shape index (κ2) is 10.3. The summed E-state index contributed by atoms with van der Waals surface area (Å²) in [6.45, 7) is 11.5. The summed E-state index contributed by atoms with van der Waals surface area (Å²) in [5, 5.41) is 6.44. The standard InChI is InChI=1S/C20H33N5O4/c1-6-10-21-18-22-12-15(17(26)28-7-2)16(24-18)23-14-9-8-11-25(13-14)19(27)29-20(3,4)5/h12,14H,6-11,13H2,1-5H3,(H2,21,22,23,24)/t14-/m1/s1. The van der Waals surface area contributed by atoms with Crippen molar-refractivity contribution in [1.29, 1.82) is 0 Å². The number of amides is 1. The first-order chi connectivity index (χ1) is 13.7. The van der Waals surface area contributed by atoms with Crippen LogP contribution in [0.2, 0.25) is 0 Å². The number of nitrogens with one attached hydrogen (secondary N) is 2. The van der Waals surface area contributed by atoms with Crippen molar-refractivity contribution in [2.75, 3.05) is 36.9 Å². The zero-order valence-electron chi connectivity index (χ0n) is 18.1. The molecule has 0 spiro atoms. The third kappa shape index (κ3) is 7.07. The Balaban J connectivity index is 2.15. The van der Waals surface area contributed by atoms with Gasteiger partial charge in [0.2, 0.25) is 5.95 Å². The lowest BCUT2D eigenvalue weighted by Gasteiger charge is -2.34. The van der Waals surface area contributed by atoms with Crippen LogP contribution in [0.15, 0.2) is 6.20 Å². The maximum Gasteiger partial charge on any atom is 0.410 e. The number of esters is 1. The zero-order valence-corrected chi connectivity index (χ0v) is 18.1. The first-order valence-corrected chi connectivity index (χ1v) is 10.3. The summed E-state index contributed by atoms with van der Waals surface area (Å²) in [5.41, 5.74) is -0.260. The summed E-state index contributed by atoms with van der Waals surface area (Å²) < 4.78 is 10.6. The fraction of sp³-hybridized carbons (Fsp3) is 0.700. The molecule has 29 heavy (non-hydrogen) atoms. The van der Waals surface area contributed by atoms with Gasteiger partial charge in [-0.05, 0) is 47.0 Å². The monoisotopic (exact) mass is 407 g/mol. The van der Waals surface area contributed by atoms with E-state index in [0.717, 1.165) is 25.8 Å². The number of hydrogen-bond acceptors (Lipinski definition) is 8. The van der Waals surface area contributed by atoms with Crippen molar-refractivity contribution < 1.29 is 19.1 Å². The molecule has 1 saturated heterocycles. The van der Waals surface area contributed by atoms with Gasteiger partial charge in [-0.1, -0.05) is 6.92 Å². The summed E-state index contributed by atoms with van der Waals surface area (Å²) in [7, 11) is 0. The molecule has 1 aliphatic rings. The highest BCUT2D eigenvalue weighted by Crippen LogP contribution is 2.21. The number of anilines is 2.